The molecule has 6 aliphatic rings. The first-order valence-electron chi connectivity index (χ1n) is 27.3. The van der Waals surface area contributed by atoms with Gasteiger partial charge in [0.2, 0.25) is 0 Å². The molecule has 0 amide bonds. The van der Waals surface area contributed by atoms with Crippen molar-refractivity contribution < 1.29 is 125 Å². The average Bonchev–Trinajstić information content (AvgIpc) is 1.67. The number of amidine groups is 4. The molecule has 22 nitrogen and oxygen atoms in total. The summed E-state index contributed by atoms with van der Waals surface area (Å²) in [4.78, 5) is 64.7. The van der Waals surface area contributed by atoms with Crippen LogP contribution in [0.5, 0.6) is 0 Å². The number of benzene rings is 8. The van der Waals surface area contributed by atoms with Gasteiger partial charge in [-0.3, -0.25) is 23.4 Å². The first kappa shape index (κ1) is 87.3. The molecular weight excluding hydrogens is 1350 g/mol. The summed E-state index contributed by atoms with van der Waals surface area (Å²) >= 11 is 7.94. The average molecular weight is 1420 g/mol. The van der Waals surface area contributed by atoms with Crippen molar-refractivity contribution in [1.82, 2.24) is 0 Å². The van der Waals surface area contributed by atoms with Gasteiger partial charge in [-0.2, -0.15) is 17.0 Å². The summed E-state index contributed by atoms with van der Waals surface area (Å²) < 4.78 is 42.8. The third-order valence-corrected chi connectivity index (χ3v) is 15.4. The molecule has 500 valence electrons. The van der Waals surface area contributed by atoms with Crippen LogP contribution in [0.4, 0.5) is 0 Å². The van der Waals surface area contributed by atoms with Gasteiger partial charge in [-0.15, -0.1) is 23.2 Å². The monoisotopic (exact) mass is 1420 g/mol. The van der Waals surface area contributed by atoms with E-state index >= 15 is 0 Å². The maximum atomic E-state index is 11.4. The predicted molar refractivity (Wildman–Crippen MR) is 370 cm³/mol. The van der Waals surface area contributed by atoms with Crippen molar-refractivity contribution in [2.75, 3.05) is 13.0 Å². The quantitative estimate of drug-likeness (QED) is 0.0366. The molecule has 0 bridgehead atoms. The third kappa shape index (κ3) is 25.9. The number of rotatable bonds is 5. The van der Waals surface area contributed by atoms with Gasteiger partial charge in [-0.05, 0) is 114 Å². The fraction of sp³-hybridized carbons (Fsp3) is 0.188. The number of hydrogen-bond donors (Lipinski definition) is 4. The molecule has 5 heterocycles. The number of halogens is 2. The fourth-order valence-electron chi connectivity index (χ4n) is 9.18. The molecule has 14 rings (SSSR count). The standard InChI is InChI=1S/C12H8N4O3.C12H9N3.C12H10O3.C8H8Cl2.C8H8O2S.C8H8.C4H2O3.CH4O3S.CH3O.3CH4.2Na/c13-11-9-5-7-3-1-2-4-8(7)6-10(9)12(14-11)15-19-16(17)18;2*13-11-9-5-7-3-1-2-4-8(7)6-10(9)12(14)15-11;9-5-7-3-1-2-4-8(7)6-10;9-11-6-8-4-2-1-3-7(8)5-10-11;1-7-5-3-4-6-8(7)2;5-3-1-2-4(6)7-3;2-1-5(3)4;1-2;;;;;/h1-6H,(H2,13,14,15);1-6H,(H3,13,14,15);1-4,9-10H,5-6H2;1-4H,5-6H2;1-4H,5-6H2;3-6H,1-2H2;1-2H;2H,1H2,(H,3,4);1H3;3*1H4;;/q;;;;;;;;-1;;;;2*+1/p-1. The first-order chi connectivity index (χ1) is 44.3. The molecule has 4 unspecified atom stereocenters. The van der Waals surface area contributed by atoms with E-state index in [0.29, 0.717) is 53.9 Å². The normalized spacial score (nSPS) is 16.0. The number of oxime groups is 1. The van der Waals surface area contributed by atoms with Gasteiger partial charge in [-0.25, -0.2) is 28.9 Å². The predicted octanol–water partition coefficient (Wildman–Crippen LogP) is 2.80. The molecule has 8 aromatic rings. The number of aliphatic imine (C=N–C) groups is 2. The van der Waals surface area contributed by atoms with Gasteiger partial charge in [0.1, 0.15) is 22.8 Å². The van der Waals surface area contributed by atoms with E-state index in [1.165, 1.54) is 11.1 Å². The van der Waals surface area contributed by atoms with E-state index in [-0.39, 0.29) is 123 Å². The zero-order chi connectivity index (χ0) is 66.9. The molecule has 28 heteroatoms. The van der Waals surface area contributed by atoms with Crippen LogP contribution in [0, 0.1) is 27.4 Å². The number of carbonyl (C=O) groups is 4. The summed E-state index contributed by atoms with van der Waals surface area (Å²) in [6.45, 7) is 8.00. The molecule has 1 fully saturated rings. The van der Waals surface area contributed by atoms with Crippen molar-refractivity contribution in [1.29, 1.82) is 5.41 Å². The largest absolute Gasteiger partial charge is 1.00 e. The number of carbonyl (C=O) groups excluding carboxylic acids is 4. The summed E-state index contributed by atoms with van der Waals surface area (Å²) in [7, 11) is 0.750. The fourth-order valence-corrected chi connectivity index (χ4v) is 10.6. The number of cyclic esters (lactones) is 4. The van der Waals surface area contributed by atoms with Gasteiger partial charge in [0.05, 0.1) is 29.8 Å². The van der Waals surface area contributed by atoms with Crippen LogP contribution < -0.4 is 86.1 Å². The molecule has 1 saturated heterocycles. The molecule has 6 N–H and O–H groups in total. The number of fused-ring (bicyclic) bond motifs is 7. The maximum absolute atomic E-state index is 11.4. The van der Waals surface area contributed by atoms with Crippen molar-refractivity contribution in [2.45, 2.75) is 59.2 Å². The Labute approximate surface area is 621 Å². The van der Waals surface area contributed by atoms with E-state index in [1.807, 2.05) is 170 Å². The smallest absolute Gasteiger partial charge is 0.857 e. The van der Waals surface area contributed by atoms with Crippen molar-refractivity contribution >= 4 is 127 Å². The van der Waals surface area contributed by atoms with Crippen LogP contribution in [0.15, 0.2) is 197 Å². The van der Waals surface area contributed by atoms with E-state index in [9.17, 15) is 33.5 Å². The molecule has 0 saturated carbocycles. The molecule has 4 atom stereocenters. The molecular formula is C69H71Cl2N7Na2O15S2. The number of ether oxygens (including phenoxy) is 2. The number of nitrogens with zero attached hydrogens (tertiary/aromatic N) is 4. The number of aliphatic hydroxyl groups is 1. The Morgan fingerprint density at radius 2 is 1.01 bits per heavy atom. The number of alkyl halides is 2. The Kier molecular flexibility index (Phi) is 39.8. The number of nitrogens with two attached hydrogens (primary N) is 2. The van der Waals surface area contributed by atoms with E-state index in [2.05, 4.69) is 42.7 Å². The van der Waals surface area contributed by atoms with Gasteiger partial charge in [0.15, 0.2) is 22.0 Å². The van der Waals surface area contributed by atoms with E-state index in [0.717, 1.165) is 84.6 Å². The van der Waals surface area contributed by atoms with Crippen LogP contribution >= 0.6 is 23.2 Å². The Morgan fingerprint density at radius 1 is 0.639 bits per heavy atom. The SMILES string of the molecule is C.C.C.C=c1ccccc1=C.C[O-].ClCc1ccccc1CCl.N=C1N=C(N)c2cc3ccccc3cc21.NC1=NC(=NO[N+](=O)[O-])c2cc3ccccc3cc21.O=C1C=CC(=O)O1.O=C1OC(=O)C2Cc3ccccc3CC12.O=S([O-])CO.O=S1Cc2ccccc2CO1.[Na+].[Na+]. The van der Waals surface area contributed by atoms with Crippen LogP contribution in [0.1, 0.15) is 77.9 Å². The second kappa shape index (κ2) is 44.2. The van der Waals surface area contributed by atoms with Gasteiger partial charge < -0.3 is 35.7 Å². The van der Waals surface area contributed by atoms with Gasteiger partial charge in [0, 0.05) is 40.6 Å². The minimum absolute atomic E-state index is 0. The summed E-state index contributed by atoms with van der Waals surface area (Å²) in [6.07, 6.45) is 3.46. The zero-order valence-electron chi connectivity index (χ0n) is 51.0. The molecule has 97 heavy (non-hydrogen) atoms. The van der Waals surface area contributed by atoms with E-state index in [4.69, 9.17) is 63.2 Å². The van der Waals surface area contributed by atoms with Gasteiger partial charge >= 0.3 is 88.8 Å². The molecule has 0 spiro atoms. The first-order valence-corrected chi connectivity index (χ1v) is 30.9. The molecule has 5 aliphatic heterocycles. The Morgan fingerprint density at radius 3 is 1.41 bits per heavy atom. The van der Waals surface area contributed by atoms with Crippen LogP contribution in [-0.2, 0) is 96.9 Å². The van der Waals surface area contributed by atoms with Crippen molar-refractivity contribution in [3.63, 3.8) is 0 Å². The van der Waals surface area contributed by atoms with Crippen LogP contribution in [0.2, 0.25) is 0 Å². The number of esters is 4. The Hall–Kier alpha value is -7.76. The molecule has 0 radical (unpaired) electrons. The van der Waals surface area contributed by atoms with Crippen molar-refractivity contribution in [3.05, 3.63) is 258 Å². The van der Waals surface area contributed by atoms with Crippen LogP contribution in [0.25, 0.3) is 34.7 Å². The topological polar surface area (TPSA) is 362 Å². The second-order valence-corrected chi connectivity index (χ2v) is 22.0. The number of aliphatic hydroxyl groups excluding tert-OH is 1. The van der Waals surface area contributed by atoms with Crippen molar-refractivity contribution in [2.24, 2.45) is 38.4 Å². The van der Waals surface area contributed by atoms with Gasteiger partial charge in [-0.1, -0.05) is 181 Å². The van der Waals surface area contributed by atoms with Crippen molar-refractivity contribution in [3.8, 4) is 0 Å². The van der Waals surface area contributed by atoms with Crippen LogP contribution in [0.3, 0.4) is 0 Å². The number of nitrogens with one attached hydrogen (secondary N) is 1. The third-order valence-electron chi connectivity index (χ3n) is 13.7. The number of hydrogen-bond acceptors (Lipinski definition) is 19. The Bertz CT molecular complexity index is 4230. The minimum atomic E-state index is -2.27. The van der Waals surface area contributed by atoms with Crippen LogP contribution in [-0.4, -0.2) is 83.4 Å². The Balaban J connectivity index is 0.000000563. The maximum Gasteiger partial charge on any atom is 1.00 e. The summed E-state index contributed by atoms with van der Waals surface area (Å²) in [5, 5.41) is 42.2. The van der Waals surface area contributed by atoms with Gasteiger partial charge in [0.25, 0.3) is 0 Å². The summed E-state index contributed by atoms with van der Waals surface area (Å²) in [5.41, 5.74) is 21.4. The van der Waals surface area contributed by atoms with E-state index < -0.39 is 45.1 Å². The minimum Gasteiger partial charge on any atom is -0.857 e. The zero-order valence-corrected chi connectivity index (χ0v) is 58.2. The summed E-state index contributed by atoms with van der Waals surface area (Å²) in [5.74, 6) is -0.411. The second-order valence-electron chi connectivity index (χ2n) is 19.5. The summed E-state index contributed by atoms with van der Waals surface area (Å²) in [6, 6.07) is 55.0. The molecule has 0 aromatic heterocycles. The molecule has 1 aliphatic carbocycles. The van der Waals surface area contributed by atoms with E-state index in [1.54, 1.807) is 0 Å². The molecule has 8 aromatic carbocycles.